The quantitative estimate of drug-likeness (QED) is 0.708. The molecule has 0 unspecified atom stereocenters. The maximum Gasteiger partial charge on any atom is 0.0446 e. The highest BCUT2D eigenvalue weighted by atomic mass is 79.9. The average molecular weight is 316 g/mol. The molecule has 1 heterocycles. The van der Waals surface area contributed by atoms with Crippen LogP contribution in [0.15, 0.2) is 46.9 Å². The zero-order valence-corrected chi connectivity index (χ0v) is 12.9. The Morgan fingerprint density at radius 3 is 2.42 bits per heavy atom. The van der Waals surface area contributed by atoms with Crippen LogP contribution in [-0.4, -0.2) is 6.04 Å². The van der Waals surface area contributed by atoms with Gasteiger partial charge in [-0.25, -0.2) is 0 Å². The molecule has 0 atom stereocenters. The number of para-hydroxylation sites is 1. The Kier molecular flexibility index (Phi) is 3.36. The fraction of sp³-hybridized carbons (Fsp3) is 0.294. The van der Waals surface area contributed by atoms with E-state index in [2.05, 4.69) is 77.1 Å². The molecule has 0 spiro atoms. The van der Waals surface area contributed by atoms with E-state index < -0.39 is 0 Å². The van der Waals surface area contributed by atoms with Crippen LogP contribution in [0.5, 0.6) is 0 Å². The first-order valence-corrected chi connectivity index (χ1v) is 7.61. The molecule has 0 saturated carbocycles. The van der Waals surface area contributed by atoms with E-state index in [0.717, 1.165) is 12.8 Å². The van der Waals surface area contributed by atoms with Gasteiger partial charge in [0.15, 0.2) is 0 Å². The summed E-state index contributed by atoms with van der Waals surface area (Å²) in [4.78, 5) is 2.46. The van der Waals surface area contributed by atoms with Crippen LogP contribution >= 0.6 is 15.9 Å². The smallest absolute Gasteiger partial charge is 0.0446 e. The zero-order valence-electron chi connectivity index (χ0n) is 11.4. The summed E-state index contributed by atoms with van der Waals surface area (Å²) < 4.78 is 1.17. The van der Waals surface area contributed by atoms with Gasteiger partial charge in [0.1, 0.15) is 0 Å². The first-order valence-electron chi connectivity index (χ1n) is 6.82. The van der Waals surface area contributed by atoms with Crippen molar-refractivity contribution in [3.63, 3.8) is 0 Å². The van der Waals surface area contributed by atoms with Crippen LogP contribution in [0, 0.1) is 0 Å². The van der Waals surface area contributed by atoms with Gasteiger partial charge in [-0.15, -0.1) is 0 Å². The Hall–Kier alpha value is -1.28. The Balaban J connectivity index is 2.21. The molecule has 0 fully saturated rings. The summed E-state index contributed by atoms with van der Waals surface area (Å²) >= 11 is 3.59. The van der Waals surface area contributed by atoms with Gasteiger partial charge in [0, 0.05) is 21.9 Å². The Morgan fingerprint density at radius 2 is 1.63 bits per heavy atom. The summed E-state index contributed by atoms with van der Waals surface area (Å²) in [6.45, 7) is 4.52. The minimum Gasteiger partial charge on any atom is -0.338 e. The summed E-state index contributed by atoms with van der Waals surface area (Å²) in [7, 11) is 0. The second kappa shape index (κ2) is 5.01. The molecule has 0 radical (unpaired) electrons. The van der Waals surface area contributed by atoms with Gasteiger partial charge in [-0.2, -0.15) is 0 Å². The van der Waals surface area contributed by atoms with Crippen molar-refractivity contribution in [3.8, 4) is 0 Å². The highest BCUT2D eigenvalue weighted by Crippen LogP contribution is 2.38. The minimum absolute atomic E-state index is 0.458. The Labute approximate surface area is 123 Å². The van der Waals surface area contributed by atoms with Gasteiger partial charge in [0.05, 0.1) is 0 Å². The standard InChI is InChI=1S/C17H18BrN/c1-12(2)19-16-6-4-3-5-13(16)7-8-14-11-15(18)9-10-17(14)19/h3-6,9-12H,7-8H2,1-2H3. The Bertz CT molecular complexity index is 604. The molecule has 2 aromatic rings. The van der Waals surface area contributed by atoms with Gasteiger partial charge in [-0.3, -0.25) is 0 Å². The summed E-state index contributed by atoms with van der Waals surface area (Å²) in [6.07, 6.45) is 2.22. The van der Waals surface area contributed by atoms with Gasteiger partial charge < -0.3 is 4.90 Å². The molecule has 0 amide bonds. The van der Waals surface area contributed by atoms with Crippen LogP contribution in [0.4, 0.5) is 11.4 Å². The molecule has 2 heteroatoms. The third kappa shape index (κ3) is 2.30. The van der Waals surface area contributed by atoms with E-state index in [0.29, 0.717) is 6.04 Å². The van der Waals surface area contributed by atoms with Crippen molar-refractivity contribution in [1.29, 1.82) is 0 Å². The number of rotatable bonds is 1. The molecule has 0 saturated heterocycles. The fourth-order valence-corrected chi connectivity index (χ4v) is 3.31. The number of aryl methyl sites for hydroxylation is 2. The number of fused-ring (bicyclic) bond motifs is 2. The van der Waals surface area contributed by atoms with Crippen molar-refractivity contribution >= 4 is 27.3 Å². The second-order valence-electron chi connectivity index (χ2n) is 5.37. The molecular weight excluding hydrogens is 298 g/mol. The highest BCUT2D eigenvalue weighted by molar-refractivity contribution is 9.10. The van der Waals surface area contributed by atoms with Crippen molar-refractivity contribution in [1.82, 2.24) is 0 Å². The predicted octanol–water partition coefficient (Wildman–Crippen LogP) is 5.09. The van der Waals surface area contributed by atoms with E-state index in [1.54, 1.807) is 0 Å². The number of anilines is 2. The van der Waals surface area contributed by atoms with Crippen LogP contribution in [0.1, 0.15) is 25.0 Å². The van der Waals surface area contributed by atoms with Crippen LogP contribution in [0.3, 0.4) is 0 Å². The normalized spacial score (nSPS) is 14.0. The first kappa shape index (κ1) is 12.7. The maximum atomic E-state index is 3.59. The van der Waals surface area contributed by atoms with Gasteiger partial charge >= 0.3 is 0 Å². The van der Waals surface area contributed by atoms with E-state index in [4.69, 9.17) is 0 Å². The van der Waals surface area contributed by atoms with Gasteiger partial charge in [0.2, 0.25) is 0 Å². The molecule has 1 aliphatic rings. The SMILES string of the molecule is CC(C)N1c2ccccc2CCc2cc(Br)ccc21. The minimum atomic E-state index is 0.458. The van der Waals surface area contributed by atoms with Crippen molar-refractivity contribution in [3.05, 3.63) is 58.1 Å². The molecular formula is C17H18BrN. The summed E-state index contributed by atoms with van der Waals surface area (Å²) in [5.74, 6) is 0. The molecule has 0 aliphatic carbocycles. The highest BCUT2D eigenvalue weighted by Gasteiger charge is 2.22. The molecule has 2 aromatic carbocycles. The maximum absolute atomic E-state index is 3.59. The second-order valence-corrected chi connectivity index (χ2v) is 6.28. The number of benzene rings is 2. The lowest BCUT2D eigenvalue weighted by molar-refractivity contribution is 0.787. The number of nitrogens with zero attached hydrogens (tertiary/aromatic N) is 1. The van der Waals surface area contributed by atoms with E-state index >= 15 is 0 Å². The third-order valence-electron chi connectivity index (χ3n) is 3.73. The van der Waals surface area contributed by atoms with Crippen LogP contribution < -0.4 is 4.90 Å². The molecule has 1 nitrogen and oxygen atoms in total. The average Bonchev–Trinajstić information content (AvgIpc) is 2.55. The van der Waals surface area contributed by atoms with E-state index in [1.807, 2.05) is 0 Å². The van der Waals surface area contributed by atoms with E-state index in [9.17, 15) is 0 Å². The summed E-state index contributed by atoms with van der Waals surface area (Å²) in [5, 5.41) is 0. The van der Waals surface area contributed by atoms with Crippen LogP contribution in [0.25, 0.3) is 0 Å². The molecule has 0 aromatic heterocycles. The zero-order chi connectivity index (χ0) is 13.4. The van der Waals surface area contributed by atoms with Crippen molar-refractivity contribution < 1.29 is 0 Å². The predicted molar refractivity (Wildman–Crippen MR) is 85.3 cm³/mol. The fourth-order valence-electron chi connectivity index (χ4n) is 2.90. The molecule has 0 bridgehead atoms. The molecule has 98 valence electrons. The monoisotopic (exact) mass is 315 g/mol. The van der Waals surface area contributed by atoms with Gasteiger partial charge in [-0.05, 0) is 62.1 Å². The number of hydrogen-bond donors (Lipinski definition) is 0. The van der Waals surface area contributed by atoms with Crippen LogP contribution in [-0.2, 0) is 12.8 Å². The largest absolute Gasteiger partial charge is 0.338 e. The molecule has 19 heavy (non-hydrogen) atoms. The molecule has 0 N–H and O–H groups in total. The lowest BCUT2D eigenvalue weighted by Crippen LogP contribution is -2.26. The van der Waals surface area contributed by atoms with E-state index in [-0.39, 0.29) is 0 Å². The number of hydrogen-bond acceptors (Lipinski definition) is 1. The van der Waals surface area contributed by atoms with E-state index in [1.165, 1.54) is 27.0 Å². The molecule has 3 rings (SSSR count). The topological polar surface area (TPSA) is 3.24 Å². The summed E-state index contributed by atoms with van der Waals surface area (Å²) in [5.41, 5.74) is 5.59. The van der Waals surface area contributed by atoms with Gasteiger partial charge in [0.25, 0.3) is 0 Å². The van der Waals surface area contributed by atoms with Gasteiger partial charge in [-0.1, -0.05) is 34.1 Å². The van der Waals surface area contributed by atoms with Crippen molar-refractivity contribution in [2.45, 2.75) is 32.7 Å². The lowest BCUT2D eigenvalue weighted by Gasteiger charge is -2.30. The van der Waals surface area contributed by atoms with Crippen LogP contribution in [0.2, 0.25) is 0 Å². The third-order valence-corrected chi connectivity index (χ3v) is 4.23. The van der Waals surface area contributed by atoms with Crippen molar-refractivity contribution in [2.24, 2.45) is 0 Å². The molecule has 1 aliphatic heterocycles. The summed E-state index contributed by atoms with van der Waals surface area (Å²) in [6, 6.07) is 15.9. The van der Waals surface area contributed by atoms with Crippen molar-refractivity contribution in [2.75, 3.05) is 4.90 Å². The number of halogens is 1. The Morgan fingerprint density at radius 1 is 0.947 bits per heavy atom. The lowest BCUT2D eigenvalue weighted by atomic mass is 10.0. The first-order chi connectivity index (χ1) is 9.16.